The molecule has 25 heavy (non-hydrogen) atoms. The number of carbonyl (C=O) groups is 1. The molecule has 0 aliphatic heterocycles. The van der Waals surface area contributed by atoms with Crippen molar-refractivity contribution in [1.29, 1.82) is 0 Å². The lowest BCUT2D eigenvalue weighted by Gasteiger charge is -2.13. The molecular weight excluding hydrogens is 344 g/mol. The van der Waals surface area contributed by atoms with Crippen LogP contribution >= 0.6 is 11.6 Å². The summed E-state index contributed by atoms with van der Waals surface area (Å²) in [6, 6.07) is 6.39. The van der Waals surface area contributed by atoms with E-state index in [0.29, 0.717) is 27.6 Å². The van der Waals surface area contributed by atoms with Gasteiger partial charge in [0.05, 0.1) is 4.92 Å². The molecule has 0 aliphatic rings. The van der Waals surface area contributed by atoms with Crippen LogP contribution in [0.15, 0.2) is 24.3 Å². The van der Waals surface area contributed by atoms with Crippen molar-refractivity contribution in [2.75, 3.05) is 11.9 Å². The number of rotatable bonds is 5. The van der Waals surface area contributed by atoms with Crippen LogP contribution in [0.25, 0.3) is 0 Å². The molecule has 0 fully saturated rings. The van der Waals surface area contributed by atoms with Gasteiger partial charge in [-0.1, -0.05) is 11.6 Å². The Morgan fingerprint density at radius 1 is 1.08 bits per heavy atom. The third-order valence-electron chi connectivity index (χ3n) is 3.77. The number of aryl methyl sites for hydroxylation is 4. The van der Waals surface area contributed by atoms with Crippen LogP contribution in [-0.4, -0.2) is 17.4 Å². The van der Waals surface area contributed by atoms with Gasteiger partial charge in [-0.25, -0.2) is 0 Å². The molecule has 1 amide bonds. The molecular formula is C18H19ClN2O4. The van der Waals surface area contributed by atoms with E-state index in [4.69, 9.17) is 16.3 Å². The molecule has 0 saturated carbocycles. The predicted octanol–water partition coefficient (Wildman–Crippen LogP) is 4.50. The number of halogens is 1. The number of nitrogens with zero attached hydrogens (tertiary/aromatic N) is 1. The lowest BCUT2D eigenvalue weighted by Crippen LogP contribution is -2.21. The number of anilines is 1. The summed E-state index contributed by atoms with van der Waals surface area (Å²) in [6.07, 6.45) is 0. The molecule has 0 aliphatic carbocycles. The van der Waals surface area contributed by atoms with Crippen molar-refractivity contribution in [3.63, 3.8) is 0 Å². The Labute approximate surface area is 150 Å². The molecule has 7 heteroatoms. The molecule has 2 rings (SSSR count). The highest BCUT2D eigenvalue weighted by Crippen LogP contribution is 2.27. The summed E-state index contributed by atoms with van der Waals surface area (Å²) >= 11 is 6.11. The van der Waals surface area contributed by atoms with Crippen LogP contribution in [-0.2, 0) is 4.79 Å². The highest BCUT2D eigenvalue weighted by atomic mass is 35.5. The normalized spacial score (nSPS) is 10.4. The average molecular weight is 363 g/mol. The summed E-state index contributed by atoms with van der Waals surface area (Å²) in [7, 11) is 0. The van der Waals surface area contributed by atoms with Gasteiger partial charge >= 0.3 is 0 Å². The van der Waals surface area contributed by atoms with Crippen LogP contribution in [0.2, 0.25) is 5.02 Å². The number of ether oxygens (including phenoxy) is 1. The highest BCUT2D eigenvalue weighted by Gasteiger charge is 2.14. The SMILES string of the molecule is Cc1cc(OCC(=O)Nc2c(C)cc([N+](=O)[O-])cc2C)cc(C)c1Cl. The Morgan fingerprint density at radius 2 is 1.60 bits per heavy atom. The minimum atomic E-state index is -0.458. The molecule has 0 radical (unpaired) electrons. The van der Waals surface area contributed by atoms with Crippen molar-refractivity contribution in [3.8, 4) is 5.75 Å². The van der Waals surface area contributed by atoms with Gasteiger partial charge in [0.1, 0.15) is 5.75 Å². The Balaban J connectivity index is 2.07. The van der Waals surface area contributed by atoms with Crippen LogP contribution in [0.3, 0.4) is 0 Å². The van der Waals surface area contributed by atoms with Crippen molar-refractivity contribution >= 4 is 28.9 Å². The molecule has 0 saturated heterocycles. The first-order chi connectivity index (χ1) is 11.7. The molecule has 0 aromatic heterocycles. The van der Waals surface area contributed by atoms with Crippen molar-refractivity contribution in [2.45, 2.75) is 27.7 Å². The molecule has 0 atom stereocenters. The summed E-state index contributed by atoms with van der Waals surface area (Å²) in [4.78, 5) is 22.6. The highest BCUT2D eigenvalue weighted by molar-refractivity contribution is 6.32. The molecule has 2 aromatic carbocycles. The van der Waals surface area contributed by atoms with Crippen LogP contribution in [0.5, 0.6) is 5.75 Å². The van der Waals surface area contributed by atoms with E-state index in [1.807, 2.05) is 13.8 Å². The lowest BCUT2D eigenvalue weighted by molar-refractivity contribution is -0.384. The van der Waals surface area contributed by atoms with Gasteiger partial charge in [0.25, 0.3) is 11.6 Å². The fraction of sp³-hybridized carbons (Fsp3) is 0.278. The zero-order valence-corrected chi connectivity index (χ0v) is 15.2. The van der Waals surface area contributed by atoms with Crippen molar-refractivity contribution in [1.82, 2.24) is 0 Å². The van der Waals surface area contributed by atoms with E-state index in [1.54, 1.807) is 26.0 Å². The van der Waals surface area contributed by atoms with Gasteiger partial charge in [-0.2, -0.15) is 0 Å². The van der Waals surface area contributed by atoms with Gasteiger partial charge < -0.3 is 10.1 Å². The first kappa shape index (κ1) is 18.7. The van der Waals surface area contributed by atoms with Crippen LogP contribution < -0.4 is 10.1 Å². The van der Waals surface area contributed by atoms with Gasteiger partial charge in [-0.05, 0) is 62.1 Å². The lowest BCUT2D eigenvalue weighted by atomic mass is 10.1. The second-order valence-corrected chi connectivity index (χ2v) is 6.30. The van der Waals surface area contributed by atoms with E-state index in [2.05, 4.69) is 5.32 Å². The second kappa shape index (κ2) is 7.53. The fourth-order valence-corrected chi connectivity index (χ4v) is 2.67. The molecule has 132 valence electrons. The molecule has 1 N–H and O–H groups in total. The minimum absolute atomic E-state index is 0.00337. The number of amides is 1. The third kappa shape index (κ3) is 4.48. The Bertz CT molecular complexity index is 803. The Kier molecular flexibility index (Phi) is 5.64. The smallest absolute Gasteiger partial charge is 0.270 e. The summed E-state index contributed by atoms with van der Waals surface area (Å²) in [5, 5.41) is 14.3. The fourth-order valence-electron chi connectivity index (χ4n) is 2.56. The summed E-state index contributed by atoms with van der Waals surface area (Å²) < 4.78 is 5.52. The van der Waals surface area contributed by atoms with Crippen molar-refractivity contribution in [2.24, 2.45) is 0 Å². The molecule has 0 spiro atoms. The molecule has 2 aromatic rings. The van der Waals surface area contributed by atoms with E-state index in [1.165, 1.54) is 12.1 Å². The first-order valence-corrected chi connectivity index (χ1v) is 8.02. The van der Waals surface area contributed by atoms with E-state index in [0.717, 1.165) is 11.1 Å². The van der Waals surface area contributed by atoms with Gasteiger partial charge in [0.15, 0.2) is 6.61 Å². The number of non-ortho nitro benzene ring substituents is 1. The number of benzene rings is 2. The standard InChI is InChI=1S/C18H19ClN2O4/c1-10-7-15(8-11(2)17(10)19)25-9-16(22)20-18-12(3)5-14(21(23)24)6-13(18)4/h5-8H,9H2,1-4H3,(H,20,22). The largest absolute Gasteiger partial charge is 0.484 e. The van der Waals surface area contributed by atoms with Crippen molar-refractivity contribution in [3.05, 3.63) is 61.7 Å². The van der Waals surface area contributed by atoms with Gasteiger partial charge in [0.2, 0.25) is 0 Å². The maximum absolute atomic E-state index is 12.1. The topological polar surface area (TPSA) is 81.5 Å². The van der Waals surface area contributed by atoms with Crippen LogP contribution in [0, 0.1) is 37.8 Å². The molecule has 0 unspecified atom stereocenters. The Hall–Kier alpha value is -2.60. The zero-order chi connectivity index (χ0) is 18.7. The van der Waals surface area contributed by atoms with Gasteiger partial charge in [0, 0.05) is 22.8 Å². The Morgan fingerprint density at radius 3 is 2.08 bits per heavy atom. The molecule has 6 nitrogen and oxygen atoms in total. The number of hydrogen-bond acceptors (Lipinski definition) is 4. The number of hydrogen-bond donors (Lipinski definition) is 1. The molecule has 0 bridgehead atoms. The monoisotopic (exact) mass is 362 g/mol. The first-order valence-electron chi connectivity index (χ1n) is 7.64. The second-order valence-electron chi connectivity index (χ2n) is 5.92. The maximum atomic E-state index is 12.1. The van der Waals surface area contributed by atoms with Crippen molar-refractivity contribution < 1.29 is 14.5 Å². The average Bonchev–Trinajstić information content (AvgIpc) is 2.53. The van der Waals surface area contributed by atoms with E-state index in [-0.39, 0.29) is 18.2 Å². The number of nitro groups is 1. The van der Waals surface area contributed by atoms with E-state index >= 15 is 0 Å². The quantitative estimate of drug-likeness (QED) is 0.627. The van der Waals surface area contributed by atoms with Gasteiger partial charge in [-0.15, -0.1) is 0 Å². The summed E-state index contributed by atoms with van der Waals surface area (Å²) in [5.41, 5.74) is 3.55. The number of carbonyl (C=O) groups excluding carboxylic acids is 1. The summed E-state index contributed by atoms with van der Waals surface area (Å²) in [5.74, 6) is 0.219. The minimum Gasteiger partial charge on any atom is -0.484 e. The van der Waals surface area contributed by atoms with Crippen LogP contribution in [0.1, 0.15) is 22.3 Å². The van der Waals surface area contributed by atoms with Crippen LogP contribution in [0.4, 0.5) is 11.4 Å². The van der Waals surface area contributed by atoms with E-state index in [9.17, 15) is 14.9 Å². The molecule has 0 heterocycles. The summed E-state index contributed by atoms with van der Waals surface area (Å²) in [6.45, 7) is 6.98. The number of nitrogens with one attached hydrogen (secondary N) is 1. The van der Waals surface area contributed by atoms with Gasteiger partial charge in [-0.3, -0.25) is 14.9 Å². The maximum Gasteiger partial charge on any atom is 0.270 e. The zero-order valence-electron chi connectivity index (χ0n) is 14.5. The third-order valence-corrected chi connectivity index (χ3v) is 4.37. The number of nitro benzene ring substituents is 1. The van der Waals surface area contributed by atoms with E-state index < -0.39 is 4.92 Å². The predicted molar refractivity (Wildman–Crippen MR) is 97.6 cm³/mol.